The summed E-state index contributed by atoms with van der Waals surface area (Å²) in [6.45, 7) is 13.6. The zero-order valence-electron chi connectivity index (χ0n) is 36.9. The Morgan fingerprint density at radius 3 is 2.42 bits per heavy atom. The van der Waals surface area contributed by atoms with E-state index in [0.29, 0.717) is 36.1 Å². The van der Waals surface area contributed by atoms with E-state index in [4.69, 9.17) is 9.47 Å². The smallest absolute Gasteiger partial charge is 0.279 e. The summed E-state index contributed by atoms with van der Waals surface area (Å²) >= 11 is 0. The summed E-state index contributed by atoms with van der Waals surface area (Å²) in [5.41, 5.74) is 4.64. The number of nitrogens with zero attached hydrogens (tertiary/aromatic N) is 4. The quantitative estimate of drug-likeness (QED) is 0.100. The molecule has 0 radical (unpaired) electrons. The molecule has 4 heterocycles. The number of methoxy groups -OCH3 is 1. The maximum Gasteiger partial charge on any atom is 0.279 e. The van der Waals surface area contributed by atoms with Gasteiger partial charge in [-0.3, -0.25) is 14.4 Å². The van der Waals surface area contributed by atoms with Gasteiger partial charge in [-0.2, -0.15) is 9.78 Å². The van der Waals surface area contributed by atoms with E-state index in [1.165, 1.54) is 15.8 Å². The van der Waals surface area contributed by atoms with E-state index in [1.807, 2.05) is 71.6 Å². The fourth-order valence-corrected chi connectivity index (χ4v) is 14.4. The molecular formula is C51H58N4O6Si. The number of fused-ring (bicyclic) bond motifs is 4. The molecule has 1 saturated heterocycles. The molecule has 1 fully saturated rings. The Balaban J connectivity index is 1.25. The summed E-state index contributed by atoms with van der Waals surface area (Å²) in [7, 11) is -0.956. The number of aromatic nitrogens is 2. The van der Waals surface area contributed by atoms with Gasteiger partial charge in [0.25, 0.3) is 11.5 Å². The van der Waals surface area contributed by atoms with Crippen LogP contribution >= 0.6 is 0 Å². The molecule has 4 aromatic carbocycles. The largest absolute Gasteiger partial charge is 0.497 e. The third-order valence-corrected chi connectivity index (χ3v) is 18.1. The molecule has 5 atom stereocenters. The van der Waals surface area contributed by atoms with Crippen LogP contribution in [0.5, 0.6) is 5.75 Å². The molecule has 8 rings (SSSR count). The summed E-state index contributed by atoms with van der Waals surface area (Å²) in [6, 6.07) is 28.9. The maximum absolute atomic E-state index is 15.6. The molecule has 1 N–H and O–H groups in total. The van der Waals surface area contributed by atoms with Crippen molar-refractivity contribution in [3.05, 3.63) is 148 Å². The van der Waals surface area contributed by atoms with Crippen LogP contribution in [-0.2, 0) is 32.9 Å². The van der Waals surface area contributed by atoms with E-state index >= 15 is 4.79 Å². The van der Waals surface area contributed by atoms with Crippen LogP contribution in [0.1, 0.15) is 63.6 Å². The molecule has 0 saturated carbocycles. The van der Waals surface area contributed by atoms with E-state index in [1.54, 1.807) is 24.3 Å². The Labute approximate surface area is 365 Å². The van der Waals surface area contributed by atoms with E-state index in [0.717, 1.165) is 46.0 Å². The zero-order valence-corrected chi connectivity index (χ0v) is 37.9. The highest BCUT2D eigenvalue weighted by atomic mass is 28.3. The lowest BCUT2D eigenvalue weighted by Gasteiger charge is -2.39. The molecular weight excluding hydrogens is 793 g/mol. The molecule has 3 aliphatic rings. The Hall–Kier alpha value is -5.62. The van der Waals surface area contributed by atoms with Crippen molar-refractivity contribution in [3.8, 4) is 11.4 Å². The van der Waals surface area contributed by atoms with E-state index in [9.17, 15) is 14.7 Å². The van der Waals surface area contributed by atoms with Gasteiger partial charge in [-0.1, -0.05) is 103 Å². The van der Waals surface area contributed by atoms with E-state index < -0.39 is 19.8 Å². The third kappa shape index (κ3) is 7.64. The van der Waals surface area contributed by atoms with Crippen molar-refractivity contribution in [2.75, 3.05) is 25.2 Å². The predicted octanol–water partition coefficient (Wildman–Crippen LogP) is 7.99. The van der Waals surface area contributed by atoms with Gasteiger partial charge >= 0.3 is 0 Å². The number of rotatable bonds is 12. The number of ether oxygens (including phenoxy) is 2. The summed E-state index contributed by atoms with van der Waals surface area (Å²) in [6.07, 6.45) is 7.79. The van der Waals surface area contributed by atoms with Gasteiger partial charge in [-0.15, -0.1) is 0 Å². The Kier molecular flexibility index (Phi) is 12.0. The van der Waals surface area contributed by atoms with Gasteiger partial charge in [0.2, 0.25) is 5.91 Å². The molecule has 3 aliphatic heterocycles. The minimum atomic E-state index is -2.61. The SMILES string of the molecule is COc1ccc([Si](C)(C)[C@H]2[C@H](CC(=O)N3Cc4ccccc4C[C@H]3CO)O[C@@]3(C(=O)N(C/C=C(\C)CCC=C(C)C)c4ccc(-n5ncc6ccccc6c5=O)cc43)[C@@H]2C)cc1. The third-order valence-electron chi connectivity index (χ3n) is 13.7. The highest BCUT2D eigenvalue weighted by Gasteiger charge is 2.66. The Morgan fingerprint density at radius 1 is 0.968 bits per heavy atom. The molecule has 10 nitrogen and oxygen atoms in total. The van der Waals surface area contributed by atoms with Crippen LogP contribution < -0.4 is 20.4 Å². The highest BCUT2D eigenvalue weighted by Crippen LogP contribution is 2.60. The second-order valence-electron chi connectivity index (χ2n) is 18.1. The summed E-state index contributed by atoms with van der Waals surface area (Å²) in [4.78, 5) is 48.0. The minimum absolute atomic E-state index is 0.0410. The lowest BCUT2D eigenvalue weighted by Crippen LogP contribution is -2.52. The van der Waals surface area contributed by atoms with Crippen LogP contribution in [-0.4, -0.2) is 72.1 Å². The predicted molar refractivity (Wildman–Crippen MR) is 248 cm³/mol. The summed E-state index contributed by atoms with van der Waals surface area (Å²) < 4.78 is 14.4. The highest BCUT2D eigenvalue weighted by molar-refractivity contribution is 6.91. The fraction of sp³-hybridized carbons (Fsp3) is 0.373. The second-order valence-corrected chi connectivity index (χ2v) is 22.8. The molecule has 11 heteroatoms. The number of aliphatic hydroxyl groups is 1. The normalized spacial score (nSPS) is 22.3. The number of anilines is 1. The van der Waals surface area contributed by atoms with Gasteiger partial charge in [0, 0.05) is 30.0 Å². The Bertz CT molecular complexity index is 2630. The van der Waals surface area contributed by atoms with Crippen molar-refractivity contribution >= 4 is 41.5 Å². The first-order valence-corrected chi connectivity index (χ1v) is 24.9. The standard InChI is InChI=1S/C51H58N4O6Si/c1-33(2)13-12-14-34(3)25-26-53-45-24-19-39(55-49(58)43-18-11-10-16-37(43)30-52-55)28-44(45)51(50(53)59)35(4)48(62(6,7)42-22-20-41(60-5)21-23-42)46(61-51)29-47(57)54-31-38-17-9-8-15-36(38)27-40(54)32-56/h8-11,13,15-25,28,30,35,40,46,48,56H,12,14,26-27,29,31-32H2,1-7H3/b34-25+/t35-,40+,46+,48-,51+/m1/s1. The van der Waals surface area contributed by atoms with Crippen molar-refractivity contribution in [1.29, 1.82) is 0 Å². The zero-order chi connectivity index (χ0) is 43.9. The summed E-state index contributed by atoms with van der Waals surface area (Å²) in [5.74, 6) is 0.0809. The molecule has 0 bridgehead atoms. The first kappa shape index (κ1) is 43.0. The summed E-state index contributed by atoms with van der Waals surface area (Å²) in [5, 5.41) is 17.6. The number of carbonyl (C=O) groups is 2. The molecule has 322 valence electrons. The average Bonchev–Trinajstić information content (AvgIpc) is 3.70. The molecule has 1 spiro atoms. The molecule has 0 aliphatic carbocycles. The fourth-order valence-electron chi connectivity index (χ4n) is 10.4. The van der Waals surface area contributed by atoms with Gasteiger partial charge in [0.05, 0.1) is 63.3 Å². The molecule has 0 unspecified atom stereocenters. The first-order valence-electron chi connectivity index (χ1n) is 21.8. The molecule has 5 aromatic rings. The number of hydrogen-bond donors (Lipinski definition) is 1. The van der Waals surface area contributed by atoms with Crippen molar-refractivity contribution in [2.24, 2.45) is 5.92 Å². The number of aliphatic hydroxyl groups excluding tert-OH is 1. The van der Waals surface area contributed by atoms with Crippen molar-refractivity contribution in [3.63, 3.8) is 0 Å². The maximum atomic E-state index is 15.6. The number of allylic oxidation sites excluding steroid dienone is 3. The molecule has 2 amide bonds. The van der Waals surface area contributed by atoms with Crippen molar-refractivity contribution in [2.45, 2.75) is 96.3 Å². The first-order chi connectivity index (χ1) is 29.8. The van der Waals surface area contributed by atoms with Gasteiger partial charge in [-0.05, 0) is 93.1 Å². The van der Waals surface area contributed by atoms with Gasteiger partial charge in [0.1, 0.15) is 5.75 Å². The molecule has 1 aromatic heterocycles. The Morgan fingerprint density at radius 2 is 1.69 bits per heavy atom. The van der Waals surface area contributed by atoms with Crippen molar-refractivity contribution in [1.82, 2.24) is 14.7 Å². The van der Waals surface area contributed by atoms with E-state index in [2.05, 4.69) is 76.2 Å². The second kappa shape index (κ2) is 17.3. The number of benzene rings is 4. The lowest BCUT2D eigenvalue weighted by molar-refractivity contribution is -0.150. The van der Waals surface area contributed by atoms with E-state index in [-0.39, 0.29) is 47.9 Å². The van der Waals surface area contributed by atoms with Crippen LogP contribution in [0.3, 0.4) is 0 Å². The van der Waals surface area contributed by atoms with Crippen LogP contribution in [0, 0.1) is 5.92 Å². The van der Waals surface area contributed by atoms with Gasteiger partial charge < -0.3 is 24.4 Å². The average molecular weight is 851 g/mol. The topological polar surface area (TPSA) is 114 Å². The number of carbonyl (C=O) groups excluding carboxylic acids is 2. The monoisotopic (exact) mass is 850 g/mol. The minimum Gasteiger partial charge on any atom is -0.497 e. The van der Waals surface area contributed by atoms with Gasteiger partial charge in [-0.25, -0.2) is 0 Å². The van der Waals surface area contributed by atoms with Crippen LogP contribution in [0.4, 0.5) is 5.69 Å². The van der Waals surface area contributed by atoms with Crippen LogP contribution in [0.25, 0.3) is 16.5 Å². The van der Waals surface area contributed by atoms with Gasteiger partial charge in [0.15, 0.2) is 5.60 Å². The lowest BCUT2D eigenvalue weighted by atomic mass is 9.82. The number of hydrogen-bond acceptors (Lipinski definition) is 7. The molecule has 62 heavy (non-hydrogen) atoms. The van der Waals surface area contributed by atoms with Crippen LogP contribution in [0.2, 0.25) is 18.6 Å². The van der Waals surface area contributed by atoms with Crippen LogP contribution in [0.15, 0.2) is 125 Å². The number of amides is 2. The van der Waals surface area contributed by atoms with Crippen molar-refractivity contribution < 1.29 is 24.2 Å².